The molecule has 0 radical (unpaired) electrons. The van der Waals surface area contributed by atoms with Crippen molar-refractivity contribution in [1.82, 2.24) is 0 Å². The van der Waals surface area contributed by atoms with Gasteiger partial charge >= 0.3 is 6.18 Å². The molecule has 1 nitrogen and oxygen atoms in total. The molecular weight excluding hydrogens is 284 g/mol. The molecule has 21 heavy (non-hydrogen) atoms. The Hall–Kier alpha value is -1.39. The van der Waals surface area contributed by atoms with E-state index in [1.54, 1.807) is 0 Å². The van der Waals surface area contributed by atoms with Crippen LogP contribution < -0.4 is 0 Å². The lowest BCUT2D eigenvalue weighted by molar-refractivity contribution is -0.140. The van der Waals surface area contributed by atoms with Crippen LogP contribution in [0.5, 0.6) is 0 Å². The number of alkyl halides is 3. The summed E-state index contributed by atoms with van der Waals surface area (Å²) in [7, 11) is 0. The Kier molecular flexibility index (Phi) is 4.13. The lowest BCUT2D eigenvalue weighted by atomic mass is 9.71. The highest BCUT2D eigenvalue weighted by atomic mass is 19.4. The first-order valence-electron chi connectivity index (χ1n) is 7.01. The van der Waals surface area contributed by atoms with Crippen molar-refractivity contribution in [2.45, 2.75) is 45.7 Å². The molecule has 0 unspecified atom stereocenters. The molecule has 1 saturated carbocycles. The summed E-state index contributed by atoms with van der Waals surface area (Å²) in [6.07, 6.45) is -1.54. The predicted molar refractivity (Wildman–Crippen MR) is 71.5 cm³/mol. The molecule has 1 aromatic rings. The zero-order valence-corrected chi connectivity index (χ0v) is 12.1. The molecule has 1 aliphatic rings. The quantitative estimate of drug-likeness (QED) is 0.539. The van der Waals surface area contributed by atoms with E-state index in [9.17, 15) is 22.4 Å². The van der Waals surface area contributed by atoms with E-state index in [1.807, 2.05) is 0 Å². The summed E-state index contributed by atoms with van der Waals surface area (Å²) in [5.74, 6) is -1.85. The first-order valence-corrected chi connectivity index (χ1v) is 7.01. The molecule has 0 aromatic heterocycles. The van der Waals surface area contributed by atoms with E-state index < -0.39 is 17.6 Å². The van der Waals surface area contributed by atoms with Crippen LogP contribution in [0.4, 0.5) is 17.6 Å². The molecule has 1 fully saturated rings. The van der Waals surface area contributed by atoms with E-state index in [4.69, 9.17) is 0 Å². The third-order valence-corrected chi connectivity index (χ3v) is 4.27. The van der Waals surface area contributed by atoms with Gasteiger partial charge in [-0.05, 0) is 43.2 Å². The maximum Gasteiger partial charge on any atom is 0.419 e. The van der Waals surface area contributed by atoms with E-state index in [0.717, 1.165) is 18.9 Å². The lowest BCUT2D eigenvalue weighted by Gasteiger charge is -2.33. The van der Waals surface area contributed by atoms with Crippen molar-refractivity contribution in [3.8, 4) is 0 Å². The van der Waals surface area contributed by atoms with E-state index in [-0.39, 0.29) is 22.7 Å². The zero-order chi connectivity index (χ0) is 15.8. The molecule has 2 rings (SSSR count). The molecule has 0 amide bonds. The third-order valence-electron chi connectivity index (χ3n) is 4.27. The van der Waals surface area contributed by atoms with Crippen molar-refractivity contribution >= 4 is 5.78 Å². The van der Waals surface area contributed by atoms with Gasteiger partial charge in [-0.15, -0.1) is 0 Å². The molecule has 0 aliphatic heterocycles. The Morgan fingerprint density at radius 2 is 1.76 bits per heavy atom. The summed E-state index contributed by atoms with van der Waals surface area (Å²) in [5, 5.41) is 0. The molecule has 0 bridgehead atoms. The van der Waals surface area contributed by atoms with E-state index >= 15 is 0 Å². The van der Waals surface area contributed by atoms with Gasteiger partial charge in [0.1, 0.15) is 5.82 Å². The van der Waals surface area contributed by atoms with Crippen molar-refractivity contribution in [1.29, 1.82) is 0 Å². The summed E-state index contributed by atoms with van der Waals surface area (Å²) < 4.78 is 51.0. The number of halogens is 4. The van der Waals surface area contributed by atoms with Crippen LogP contribution in [0.3, 0.4) is 0 Å². The van der Waals surface area contributed by atoms with Gasteiger partial charge in [0, 0.05) is 11.5 Å². The average molecular weight is 302 g/mol. The van der Waals surface area contributed by atoms with Crippen LogP contribution in [-0.2, 0) is 6.18 Å². The zero-order valence-electron chi connectivity index (χ0n) is 12.1. The molecule has 0 atom stereocenters. The number of rotatable bonds is 2. The number of hydrogen-bond donors (Lipinski definition) is 0. The van der Waals surface area contributed by atoms with Crippen molar-refractivity contribution < 1.29 is 22.4 Å². The van der Waals surface area contributed by atoms with Crippen LogP contribution in [0.1, 0.15) is 55.5 Å². The Balaban J connectivity index is 2.16. The van der Waals surface area contributed by atoms with Crippen molar-refractivity contribution in [3.05, 3.63) is 35.1 Å². The fraction of sp³-hybridized carbons (Fsp3) is 0.562. The Morgan fingerprint density at radius 3 is 2.24 bits per heavy atom. The van der Waals surface area contributed by atoms with Gasteiger partial charge in [-0.1, -0.05) is 19.9 Å². The molecule has 0 N–H and O–H groups in total. The molecule has 1 aromatic carbocycles. The predicted octanol–water partition coefficient (Wildman–Crippen LogP) is 5.24. The van der Waals surface area contributed by atoms with Gasteiger partial charge in [-0.2, -0.15) is 13.2 Å². The van der Waals surface area contributed by atoms with E-state index in [0.29, 0.717) is 25.0 Å². The second-order valence-corrected chi connectivity index (χ2v) is 6.50. The topological polar surface area (TPSA) is 17.1 Å². The van der Waals surface area contributed by atoms with Gasteiger partial charge in [-0.25, -0.2) is 4.39 Å². The molecule has 0 saturated heterocycles. The maximum absolute atomic E-state index is 13.5. The SMILES string of the molecule is CC1(C)CCC(C(=O)c2ccc(C(F)(F)F)c(F)c2)CC1. The van der Waals surface area contributed by atoms with Crippen LogP contribution in [0.15, 0.2) is 18.2 Å². The van der Waals surface area contributed by atoms with Gasteiger partial charge in [0.15, 0.2) is 5.78 Å². The standard InChI is InChI=1S/C16H18F4O/c1-15(2)7-5-10(6-8-15)14(21)11-3-4-12(13(17)9-11)16(18,19)20/h3-4,9-10H,5-8H2,1-2H3. The first-order chi connectivity index (χ1) is 9.60. The van der Waals surface area contributed by atoms with Crippen molar-refractivity contribution in [2.24, 2.45) is 11.3 Å². The molecule has 116 valence electrons. The Labute approximate surface area is 121 Å². The fourth-order valence-electron chi connectivity index (χ4n) is 2.80. The lowest BCUT2D eigenvalue weighted by Crippen LogP contribution is -2.26. The van der Waals surface area contributed by atoms with Crippen molar-refractivity contribution in [2.75, 3.05) is 0 Å². The largest absolute Gasteiger partial charge is 0.419 e. The Bertz CT molecular complexity index is 536. The van der Waals surface area contributed by atoms with Gasteiger partial charge < -0.3 is 0 Å². The number of benzene rings is 1. The first kappa shape index (κ1) is 16.0. The maximum atomic E-state index is 13.5. The highest BCUT2D eigenvalue weighted by Gasteiger charge is 2.35. The highest BCUT2D eigenvalue weighted by Crippen LogP contribution is 2.39. The van der Waals surface area contributed by atoms with Crippen LogP contribution in [0, 0.1) is 17.2 Å². The number of hydrogen-bond acceptors (Lipinski definition) is 1. The van der Waals surface area contributed by atoms with E-state index in [1.165, 1.54) is 0 Å². The van der Waals surface area contributed by atoms with E-state index in [2.05, 4.69) is 13.8 Å². The average Bonchev–Trinajstić information content (AvgIpc) is 2.36. The number of carbonyl (C=O) groups is 1. The summed E-state index contributed by atoms with van der Waals surface area (Å²) in [5.41, 5.74) is -1.10. The molecule has 0 heterocycles. The molecule has 1 aliphatic carbocycles. The number of Topliss-reactive ketones (excluding diaryl/α,β-unsaturated/α-hetero) is 1. The molecule has 0 spiro atoms. The summed E-state index contributed by atoms with van der Waals surface area (Å²) in [6.45, 7) is 4.26. The summed E-state index contributed by atoms with van der Waals surface area (Å²) in [6, 6.07) is 2.44. The monoisotopic (exact) mass is 302 g/mol. The van der Waals surface area contributed by atoms with Gasteiger partial charge in [0.2, 0.25) is 0 Å². The van der Waals surface area contributed by atoms with Crippen LogP contribution in [0.2, 0.25) is 0 Å². The highest BCUT2D eigenvalue weighted by molar-refractivity contribution is 5.98. The smallest absolute Gasteiger partial charge is 0.294 e. The minimum absolute atomic E-state index is 0.0326. The van der Waals surface area contributed by atoms with Crippen LogP contribution in [0.25, 0.3) is 0 Å². The summed E-state index contributed by atoms with van der Waals surface area (Å²) in [4.78, 5) is 12.3. The Morgan fingerprint density at radius 1 is 1.19 bits per heavy atom. The second-order valence-electron chi connectivity index (χ2n) is 6.50. The summed E-state index contributed by atoms with van der Waals surface area (Å²) >= 11 is 0. The normalized spacial score (nSPS) is 19.5. The van der Waals surface area contributed by atoms with Gasteiger partial charge in [0.25, 0.3) is 0 Å². The molecule has 5 heteroatoms. The minimum Gasteiger partial charge on any atom is -0.294 e. The van der Waals surface area contributed by atoms with Gasteiger partial charge in [-0.3, -0.25) is 4.79 Å². The molecular formula is C16H18F4O. The van der Waals surface area contributed by atoms with Crippen LogP contribution >= 0.6 is 0 Å². The second kappa shape index (κ2) is 5.43. The minimum atomic E-state index is -4.74. The third kappa shape index (κ3) is 3.63. The van der Waals surface area contributed by atoms with Crippen molar-refractivity contribution in [3.63, 3.8) is 0 Å². The number of ketones is 1. The number of carbonyl (C=O) groups excluding carboxylic acids is 1. The van der Waals surface area contributed by atoms with Gasteiger partial charge in [0.05, 0.1) is 5.56 Å². The van der Waals surface area contributed by atoms with Crippen LogP contribution in [-0.4, -0.2) is 5.78 Å². The fourth-order valence-corrected chi connectivity index (χ4v) is 2.80.